The molecule has 0 bridgehead atoms. The summed E-state index contributed by atoms with van der Waals surface area (Å²) >= 11 is 5.54. The van der Waals surface area contributed by atoms with Crippen molar-refractivity contribution in [2.75, 3.05) is 5.32 Å². The summed E-state index contributed by atoms with van der Waals surface area (Å²) in [6, 6.07) is 4.00. The molecular formula is C7H5ClN2O3. The Morgan fingerprint density at radius 1 is 1.54 bits per heavy atom. The minimum absolute atomic E-state index is 0.129. The van der Waals surface area contributed by atoms with Crippen LogP contribution in [0.2, 0.25) is 5.02 Å². The lowest BCUT2D eigenvalue weighted by Gasteiger charge is -1.99. The number of hydrogen-bond donors (Lipinski definition) is 1. The fraction of sp³-hybridized carbons (Fsp3) is 0. The summed E-state index contributed by atoms with van der Waals surface area (Å²) in [4.78, 5) is 19.9. The topological polar surface area (TPSA) is 72.2 Å². The average Bonchev–Trinajstić information content (AvgIpc) is 2.08. The van der Waals surface area contributed by atoms with Crippen LogP contribution >= 0.6 is 11.6 Å². The number of nitrogens with zero attached hydrogens (tertiary/aromatic N) is 1. The Bertz CT molecular complexity index is 354. The van der Waals surface area contributed by atoms with Crippen molar-refractivity contribution in [2.24, 2.45) is 0 Å². The molecule has 0 aliphatic carbocycles. The summed E-state index contributed by atoms with van der Waals surface area (Å²) in [5.74, 6) is 0. The van der Waals surface area contributed by atoms with Crippen LogP contribution in [0.5, 0.6) is 0 Å². The maximum Gasteiger partial charge on any atom is 0.294 e. The van der Waals surface area contributed by atoms with Gasteiger partial charge in [-0.3, -0.25) is 14.9 Å². The third-order valence-corrected chi connectivity index (χ3v) is 1.61. The highest BCUT2D eigenvalue weighted by Gasteiger charge is 2.13. The predicted molar refractivity (Wildman–Crippen MR) is 47.8 cm³/mol. The van der Waals surface area contributed by atoms with Crippen molar-refractivity contribution >= 4 is 29.4 Å². The highest BCUT2D eigenvalue weighted by molar-refractivity contribution is 6.30. The van der Waals surface area contributed by atoms with Gasteiger partial charge in [-0.05, 0) is 12.1 Å². The maximum absolute atomic E-state index is 10.4. The van der Waals surface area contributed by atoms with Gasteiger partial charge in [0.05, 0.1) is 4.92 Å². The summed E-state index contributed by atoms with van der Waals surface area (Å²) < 4.78 is 0. The molecular weight excluding hydrogens is 196 g/mol. The van der Waals surface area contributed by atoms with Gasteiger partial charge in [-0.15, -0.1) is 0 Å². The second kappa shape index (κ2) is 3.86. The number of hydrogen-bond acceptors (Lipinski definition) is 3. The van der Waals surface area contributed by atoms with Gasteiger partial charge in [-0.2, -0.15) is 0 Å². The molecule has 0 aliphatic heterocycles. The first-order chi connectivity index (χ1) is 6.15. The van der Waals surface area contributed by atoms with E-state index in [2.05, 4.69) is 5.32 Å². The maximum atomic E-state index is 10.4. The number of nitro groups is 1. The molecule has 0 atom stereocenters. The first kappa shape index (κ1) is 9.47. The molecule has 0 spiro atoms. The van der Waals surface area contributed by atoms with E-state index < -0.39 is 4.92 Å². The first-order valence-corrected chi connectivity index (χ1v) is 3.67. The Hall–Kier alpha value is -1.62. The molecule has 1 rings (SSSR count). The average molecular weight is 201 g/mol. The van der Waals surface area contributed by atoms with Crippen molar-refractivity contribution in [3.05, 3.63) is 33.3 Å². The lowest BCUT2D eigenvalue weighted by molar-refractivity contribution is -0.383. The van der Waals surface area contributed by atoms with Gasteiger partial charge < -0.3 is 5.32 Å². The van der Waals surface area contributed by atoms with Gasteiger partial charge in [0.25, 0.3) is 5.69 Å². The second-order valence-electron chi connectivity index (χ2n) is 2.18. The minimum Gasteiger partial charge on any atom is -0.323 e. The van der Waals surface area contributed by atoms with E-state index in [0.717, 1.165) is 0 Å². The summed E-state index contributed by atoms with van der Waals surface area (Å²) in [6.07, 6.45) is 0.371. The molecule has 5 nitrogen and oxygen atoms in total. The fourth-order valence-corrected chi connectivity index (χ4v) is 1.01. The Labute approximate surface area is 78.5 Å². The second-order valence-corrected chi connectivity index (χ2v) is 2.62. The Morgan fingerprint density at radius 2 is 2.23 bits per heavy atom. The zero-order valence-corrected chi connectivity index (χ0v) is 7.12. The van der Waals surface area contributed by atoms with Crippen LogP contribution < -0.4 is 5.32 Å². The molecule has 0 fully saturated rings. The number of amides is 1. The Morgan fingerprint density at radius 3 is 2.77 bits per heavy atom. The van der Waals surface area contributed by atoms with Crippen molar-refractivity contribution in [3.8, 4) is 0 Å². The van der Waals surface area contributed by atoms with Crippen molar-refractivity contribution in [1.82, 2.24) is 0 Å². The van der Waals surface area contributed by atoms with Crippen LogP contribution in [0.1, 0.15) is 0 Å². The fourth-order valence-electron chi connectivity index (χ4n) is 0.841. The standard InChI is InChI=1S/C7H5ClN2O3/c8-5-1-2-6(9-4-11)7(3-5)10(12)13/h1-4H,(H,9,11). The Balaban J connectivity index is 3.17. The minimum atomic E-state index is -0.613. The summed E-state index contributed by atoms with van der Waals surface area (Å²) in [5, 5.41) is 12.9. The van der Waals surface area contributed by atoms with E-state index in [9.17, 15) is 14.9 Å². The first-order valence-electron chi connectivity index (χ1n) is 3.29. The van der Waals surface area contributed by atoms with E-state index in [4.69, 9.17) is 11.6 Å². The largest absolute Gasteiger partial charge is 0.323 e. The Kier molecular flexibility index (Phi) is 2.81. The highest BCUT2D eigenvalue weighted by atomic mass is 35.5. The molecule has 0 aliphatic rings. The highest BCUT2D eigenvalue weighted by Crippen LogP contribution is 2.26. The smallest absolute Gasteiger partial charge is 0.294 e. The lowest BCUT2D eigenvalue weighted by atomic mass is 10.3. The molecule has 1 amide bonds. The third kappa shape index (κ3) is 2.16. The molecule has 13 heavy (non-hydrogen) atoms. The predicted octanol–water partition coefficient (Wildman–Crippen LogP) is 1.82. The zero-order valence-electron chi connectivity index (χ0n) is 6.36. The zero-order chi connectivity index (χ0) is 9.84. The number of nitrogens with one attached hydrogen (secondary N) is 1. The number of rotatable bonds is 3. The van der Waals surface area contributed by atoms with Crippen LogP contribution in [0, 0.1) is 10.1 Å². The molecule has 6 heteroatoms. The van der Waals surface area contributed by atoms with Gasteiger partial charge in [0, 0.05) is 11.1 Å². The van der Waals surface area contributed by atoms with Crippen molar-refractivity contribution in [1.29, 1.82) is 0 Å². The van der Waals surface area contributed by atoms with E-state index in [-0.39, 0.29) is 16.4 Å². The molecule has 0 heterocycles. The number of nitro benzene ring substituents is 1. The van der Waals surface area contributed by atoms with E-state index in [1.165, 1.54) is 18.2 Å². The molecule has 0 saturated carbocycles. The molecule has 0 unspecified atom stereocenters. The molecule has 1 aromatic carbocycles. The molecule has 68 valence electrons. The van der Waals surface area contributed by atoms with E-state index in [0.29, 0.717) is 6.41 Å². The molecule has 1 N–H and O–H groups in total. The van der Waals surface area contributed by atoms with Crippen LogP contribution in [0.3, 0.4) is 0 Å². The van der Waals surface area contributed by atoms with Gasteiger partial charge in [-0.1, -0.05) is 11.6 Å². The molecule has 1 aromatic rings. The van der Waals surface area contributed by atoms with E-state index >= 15 is 0 Å². The number of anilines is 1. The number of carbonyl (C=O) groups is 1. The number of carbonyl (C=O) groups excluding carboxylic acids is 1. The van der Waals surface area contributed by atoms with E-state index in [1.54, 1.807) is 0 Å². The summed E-state index contributed by atoms with van der Waals surface area (Å²) in [6.45, 7) is 0. The third-order valence-electron chi connectivity index (χ3n) is 1.37. The number of halogens is 1. The quantitative estimate of drug-likeness (QED) is 0.460. The van der Waals surface area contributed by atoms with Crippen LogP contribution in [-0.4, -0.2) is 11.3 Å². The normalized spacial score (nSPS) is 9.31. The van der Waals surface area contributed by atoms with Crippen molar-refractivity contribution in [3.63, 3.8) is 0 Å². The summed E-state index contributed by atoms with van der Waals surface area (Å²) in [5.41, 5.74) is -0.0935. The molecule has 0 saturated heterocycles. The van der Waals surface area contributed by atoms with Gasteiger partial charge in [0.2, 0.25) is 6.41 Å². The van der Waals surface area contributed by atoms with Gasteiger partial charge >= 0.3 is 0 Å². The van der Waals surface area contributed by atoms with Crippen LogP contribution in [0.4, 0.5) is 11.4 Å². The van der Waals surface area contributed by atoms with Crippen molar-refractivity contribution < 1.29 is 9.72 Å². The van der Waals surface area contributed by atoms with Crippen LogP contribution in [0.25, 0.3) is 0 Å². The number of benzene rings is 1. The van der Waals surface area contributed by atoms with Crippen LogP contribution in [0.15, 0.2) is 18.2 Å². The van der Waals surface area contributed by atoms with Gasteiger partial charge in [0.1, 0.15) is 5.69 Å². The lowest BCUT2D eigenvalue weighted by Crippen LogP contribution is -1.98. The monoisotopic (exact) mass is 200 g/mol. The van der Waals surface area contributed by atoms with Crippen LogP contribution in [-0.2, 0) is 4.79 Å². The van der Waals surface area contributed by atoms with Gasteiger partial charge in [-0.25, -0.2) is 0 Å². The van der Waals surface area contributed by atoms with Gasteiger partial charge in [0.15, 0.2) is 0 Å². The van der Waals surface area contributed by atoms with Crippen molar-refractivity contribution in [2.45, 2.75) is 0 Å². The molecule has 0 aromatic heterocycles. The SMILES string of the molecule is O=CNc1ccc(Cl)cc1[N+](=O)[O-]. The summed E-state index contributed by atoms with van der Waals surface area (Å²) in [7, 11) is 0. The molecule has 0 radical (unpaired) electrons. The van der Waals surface area contributed by atoms with E-state index in [1.807, 2.05) is 0 Å².